The van der Waals surface area contributed by atoms with Crippen molar-refractivity contribution in [3.63, 3.8) is 0 Å². The molecule has 0 bridgehead atoms. The number of piperazine rings is 1. The van der Waals surface area contributed by atoms with Gasteiger partial charge in [0.2, 0.25) is 0 Å². The highest BCUT2D eigenvalue weighted by molar-refractivity contribution is 4.48. The van der Waals surface area contributed by atoms with Gasteiger partial charge in [-0.3, -0.25) is 0 Å². The Morgan fingerprint density at radius 1 is 0.923 bits per heavy atom. The second-order valence-corrected chi connectivity index (χ2v) is 5.53. The van der Waals surface area contributed by atoms with Crippen LogP contribution in [-0.2, 0) is 0 Å². The molecule has 0 saturated carbocycles. The number of likely N-dealkylation sites (N-methyl/N-ethyl adjacent to an activating group) is 2. The SMILES string of the molecule is CCCC[N+]1(C)CC[N+](C)(C)CC1. The van der Waals surface area contributed by atoms with Crippen LogP contribution in [0.3, 0.4) is 0 Å². The van der Waals surface area contributed by atoms with Gasteiger partial charge in [0.05, 0.1) is 27.7 Å². The lowest BCUT2D eigenvalue weighted by Gasteiger charge is -2.44. The number of nitrogens with zero attached hydrogens (tertiary/aromatic N) is 2. The summed E-state index contributed by atoms with van der Waals surface area (Å²) in [6.45, 7) is 9.10. The zero-order valence-corrected chi connectivity index (χ0v) is 9.84. The third kappa shape index (κ3) is 3.28. The molecule has 1 heterocycles. The summed E-state index contributed by atoms with van der Waals surface area (Å²) in [7, 11) is 7.13. The summed E-state index contributed by atoms with van der Waals surface area (Å²) in [5.74, 6) is 0. The molecule has 1 aliphatic rings. The van der Waals surface area contributed by atoms with Crippen LogP contribution in [0, 0.1) is 0 Å². The zero-order chi connectivity index (χ0) is 9.95. The van der Waals surface area contributed by atoms with Crippen LogP contribution in [0.1, 0.15) is 19.8 Å². The van der Waals surface area contributed by atoms with Gasteiger partial charge in [0.1, 0.15) is 26.2 Å². The standard InChI is InChI=1S/C11H26N2/c1-5-6-7-13(4)10-8-12(2,3)9-11-13/h5-11H2,1-4H3/q+2. The van der Waals surface area contributed by atoms with Crippen LogP contribution in [0.15, 0.2) is 0 Å². The molecule has 0 radical (unpaired) electrons. The van der Waals surface area contributed by atoms with Crippen LogP contribution < -0.4 is 0 Å². The Labute approximate surface area is 83.3 Å². The smallest absolute Gasteiger partial charge is 0.128 e. The van der Waals surface area contributed by atoms with E-state index in [1.807, 2.05) is 0 Å². The largest absolute Gasteiger partial charge is 0.319 e. The van der Waals surface area contributed by atoms with Gasteiger partial charge in [-0.1, -0.05) is 13.3 Å². The Kier molecular flexibility index (Phi) is 3.36. The molecule has 0 aromatic rings. The van der Waals surface area contributed by atoms with E-state index < -0.39 is 0 Å². The third-order valence-electron chi connectivity index (χ3n) is 3.54. The van der Waals surface area contributed by atoms with Crippen molar-refractivity contribution in [3.8, 4) is 0 Å². The van der Waals surface area contributed by atoms with Gasteiger partial charge in [-0.15, -0.1) is 0 Å². The lowest BCUT2D eigenvalue weighted by molar-refractivity contribution is -1.01. The summed E-state index contributed by atoms with van der Waals surface area (Å²) in [4.78, 5) is 0. The first-order chi connectivity index (χ1) is 5.97. The first-order valence-corrected chi connectivity index (χ1v) is 5.63. The molecule has 78 valence electrons. The van der Waals surface area contributed by atoms with Crippen LogP contribution in [0.2, 0.25) is 0 Å². The molecule has 0 N–H and O–H groups in total. The molecule has 0 aliphatic carbocycles. The molecule has 2 nitrogen and oxygen atoms in total. The highest BCUT2D eigenvalue weighted by atomic mass is 15.4. The van der Waals surface area contributed by atoms with Crippen molar-refractivity contribution in [2.75, 3.05) is 53.9 Å². The number of rotatable bonds is 3. The second-order valence-electron chi connectivity index (χ2n) is 5.53. The first kappa shape index (κ1) is 11.0. The van der Waals surface area contributed by atoms with Gasteiger partial charge < -0.3 is 8.97 Å². The van der Waals surface area contributed by atoms with Gasteiger partial charge in [0, 0.05) is 0 Å². The predicted molar refractivity (Wildman–Crippen MR) is 57.5 cm³/mol. The quantitative estimate of drug-likeness (QED) is 0.583. The number of unbranched alkanes of at least 4 members (excludes halogenated alkanes) is 1. The number of hydrogen-bond acceptors (Lipinski definition) is 0. The van der Waals surface area contributed by atoms with Crippen molar-refractivity contribution >= 4 is 0 Å². The summed E-state index contributed by atoms with van der Waals surface area (Å²) in [5, 5.41) is 0. The number of hydrogen-bond donors (Lipinski definition) is 0. The van der Waals surface area contributed by atoms with E-state index in [9.17, 15) is 0 Å². The van der Waals surface area contributed by atoms with E-state index in [1.165, 1.54) is 54.5 Å². The van der Waals surface area contributed by atoms with E-state index in [0.717, 1.165) is 0 Å². The highest BCUT2D eigenvalue weighted by Gasteiger charge is 2.33. The lowest BCUT2D eigenvalue weighted by atomic mass is 10.2. The Balaban J connectivity index is 2.37. The lowest BCUT2D eigenvalue weighted by Crippen LogP contribution is -2.62. The number of quaternary nitrogens is 2. The van der Waals surface area contributed by atoms with Crippen molar-refractivity contribution in [3.05, 3.63) is 0 Å². The Morgan fingerprint density at radius 2 is 1.46 bits per heavy atom. The molecule has 0 aromatic carbocycles. The average molecular weight is 186 g/mol. The molecule has 1 fully saturated rings. The van der Waals surface area contributed by atoms with Gasteiger partial charge >= 0.3 is 0 Å². The topological polar surface area (TPSA) is 0 Å². The minimum absolute atomic E-state index is 1.22. The molecule has 0 atom stereocenters. The molecule has 1 rings (SSSR count). The van der Waals surface area contributed by atoms with Crippen LogP contribution >= 0.6 is 0 Å². The fraction of sp³-hybridized carbons (Fsp3) is 1.00. The van der Waals surface area contributed by atoms with E-state index in [-0.39, 0.29) is 0 Å². The molecule has 0 unspecified atom stereocenters. The maximum absolute atomic E-state index is 2.43. The van der Waals surface area contributed by atoms with E-state index in [4.69, 9.17) is 0 Å². The molecule has 0 aromatic heterocycles. The first-order valence-electron chi connectivity index (χ1n) is 5.63. The molecule has 0 spiro atoms. The predicted octanol–water partition coefficient (Wildman–Crippen LogP) is 1.32. The zero-order valence-electron chi connectivity index (χ0n) is 9.84. The van der Waals surface area contributed by atoms with Crippen LogP contribution in [0.25, 0.3) is 0 Å². The van der Waals surface area contributed by atoms with E-state index in [1.54, 1.807) is 0 Å². The molecule has 1 saturated heterocycles. The fourth-order valence-corrected chi connectivity index (χ4v) is 2.01. The summed E-state index contributed by atoms with van der Waals surface area (Å²) >= 11 is 0. The highest BCUT2D eigenvalue weighted by Crippen LogP contribution is 2.14. The third-order valence-corrected chi connectivity index (χ3v) is 3.54. The van der Waals surface area contributed by atoms with E-state index in [0.29, 0.717) is 0 Å². The maximum Gasteiger partial charge on any atom is 0.128 e. The Bertz CT molecular complexity index is 153. The van der Waals surface area contributed by atoms with Crippen molar-refractivity contribution in [1.82, 2.24) is 0 Å². The molecule has 0 amide bonds. The van der Waals surface area contributed by atoms with Gasteiger partial charge in [-0.25, -0.2) is 0 Å². The second kappa shape index (κ2) is 3.97. The monoisotopic (exact) mass is 186 g/mol. The van der Waals surface area contributed by atoms with Crippen molar-refractivity contribution in [1.29, 1.82) is 0 Å². The summed E-state index contributed by atoms with van der Waals surface area (Å²) in [6, 6.07) is 0. The van der Waals surface area contributed by atoms with Gasteiger partial charge in [0.15, 0.2) is 0 Å². The Hall–Kier alpha value is -0.0800. The van der Waals surface area contributed by atoms with Crippen molar-refractivity contribution < 1.29 is 8.97 Å². The van der Waals surface area contributed by atoms with Gasteiger partial charge in [-0.2, -0.15) is 0 Å². The van der Waals surface area contributed by atoms with Gasteiger partial charge in [0.25, 0.3) is 0 Å². The normalized spacial score (nSPS) is 25.8. The fourth-order valence-electron chi connectivity index (χ4n) is 2.01. The average Bonchev–Trinajstić information content (AvgIpc) is 2.08. The maximum atomic E-state index is 2.43. The Morgan fingerprint density at radius 3 is 1.92 bits per heavy atom. The minimum atomic E-state index is 1.22. The van der Waals surface area contributed by atoms with Crippen molar-refractivity contribution in [2.24, 2.45) is 0 Å². The van der Waals surface area contributed by atoms with E-state index >= 15 is 0 Å². The molecular formula is C11H26N2+2. The summed E-state index contributed by atoms with van der Waals surface area (Å²) < 4.78 is 2.54. The molecular weight excluding hydrogens is 160 g/mol. The van der Waals surface area contributed by atoms with Crippen LogP contribution in [-0.4, -0.2) is 62.8 Å². The molecule has 2 heteroatoms. The molecule has 1 aliphatic heterocycles. The van der Waals surface area contributed by atoms with Crippen LogP contribution in [0.4, 0.5) is 0 Å². The summed E-state index contributed by atoms with van der Waals surface area (Å²) in [5.41, 5.74) is 0. The van der Waals surface area contributed by atoms with Crippen molar-refractivity contribution in [2.45, 2.75) is 19.8 Å². The minimum Gasteiger partial charge on any atom is -0.319 e. The van der Waals surface area contributed by atoms with Gasteiger partial charge in [-0.05, 0) is 6.42 Å². The molecule has 13 heavy (non-hydrogen) atoms. The summed E-state index contributed by atoms with van der Waals surface area (Å²) in [6.07, 6.45) is 2.73. The van der Waals surface area contributed by atoms with Crippen LogP contribution in [0.5, 0.6) is 0 Å². The van der Waals surface area contributed by atoms with E-state index in [2.05, 4.69) is 28.1 Å².